The average molecular weight is 288 g/mol. The number of carboxylic acids is 1. The molecule has 0 aromatic rings. The van der Waals surface area contributed by atoms with E-state index < -0.39 is 16.8 Å². The molecule has 0 spiro atoms. The second kappa shape index (κ2) is 6.61. The number of amides is 1. The molecule has 5 nitrogen and oxygen atoms in total. The minimum absolute atomic E-state index is 0.0860. The van der Waals surface area contributed by atoms with E-state index in [1.807, 2.05) is 4.90 Å². The van der Waals surface area contributed by atoms with Crippen LogP contribution in [0.25, 0.3) is 0 Å². The van der Waals surface area contributed by atoms with Gasteiger partial charge in [0.1, 0.15) is 6.04 Å². The lowest BCUT2D eigenvalue weighted by Crippen LogP contribution is -2.48. The number of nitrogens with two attached hydrogens (primary N) is 1. The Bertz CT molecular complexity index is 347. The van der Waals surface area contributed by atoms with Crippen LogP contribution in [0.15, 0.2) is 0 Å². The Morgan fingerprint density at radius 3 is 2.63 bits per heavy atom. The highest BCUT2D eigenvalue weighted by molar-refractivity contribution is 8.01. The number of carbonyl (C=O) groups is 2. The normalized spacial score (nSPS) is 22.1. The number of hydrogen-bond donors (Lipinski definition) is 2. The van der Waals surface area contributed by atoms with Gasteiger partial charge in [-0.25, -0.2) is 0 Å². The molecule has 0 aromatic heterocycles. The van der Waals surface area contributed by atoms with E-state index in [1.54, 1.807) is 13.8 Å². The molecule has 0 aromatic carbocycles. The third kappa shape index (κ3) is 4.38. The van der Waals surface area contributed by atoms with Crippen molar-refractivity contribution in [2.24, 2.45) is 5.73 Å². The molecule has 0 radical (unpaired) electrons. The number of nitrogens with zero attached hydrogens (tertiary/aromatic N) is 1. The highest BCUT2D eigenvalue weighted by Crippen LogP contribution is 2.28. The molecule has 3 N–H and O–H groups in total. The summed E-state index contributed by atoms with van der Waals surface area (Å²) in [5.41, 5.74) is 5.64. The standard InChI is InChI=1S/C13H24N2O3S/c1-9-6-4-5-7-15(9)10(16)8-19-13(2,3)11(14)12(17)18/h9,11H,4-8,14H2,1-3H3,(H,17,18)/t9?,11-/m1/s1. The summed E-state index contributed by atoms with van der Waals surface area (Å²) in [6.07, 6.45) is 3.28. The first-order valence-corrected chi connectivity index (χ1v) is 7.66. The van der Waals surface area contributed by atoms with E-state index in [1.165, 1.54) is 18.2 Å². The lowest BCUT2D eigenvalue weighted by molar-refractivity contribution is -0.139. The van der Waals surface area contributed by atoms with Crippen molar-refractivity contribution in [3.63, 3.8) is 0 Å². The summed E-state index contributed by atoms with van der Waals surface area (Å²) >= 11 is 1.32. The Morgan fingerprint density at radius 1 is 1.47 bits per heavy atom. The molecule has 0 aliphatic carbocycles. The predicted molar refractivity (Wildman–Crippen MR) is 77.2 cm³/mol. The van der Waals surface area contributed by atoms with Crippen LogP contribution in [0.5, 0.6) is 0 Å². The van der Waals surface area contributed by atoms with Gasteiger partial charge in [0.2, 0.25) is 5.91 Å². The summed E-state index contributed by atoms with van der Waals surface area (Å²) < 4.78 is -0.652. The summed E-state index contributed by atoms with van der Waals surface area (Å²) in [6.45, 7) is 6.41. The van der Waals surface area contributed by atoms with E-state index in [4.69, 9.17) is 10.8 Å². The van der Waals surface area contributed by atoms with E-state index in [2.05, 4.69) is 6.92 Å². The first-order valence-electron chi connectivity index (χ1n) is 6.67. The van der Waals surface area contributed by atoms with Crippen molar-refractivity contribution in [3.8, 4) is 0 Å². The second-order valence-electron chi connectivity index (χ2n) is 5.64. The van der Waals surface area contributed by atoms with Crippen molar-refractivity contribution in [1.82, 2.24) is 4.90 Å². The summed E-state index contributed by atoms with van der Waals surface area (Å²) in [7, 11) is 0. The molecule has 1 rings (SSSR count). The molecule has 0 saturated carbocycles. The van der Waals surface area contributed by atoms with Gasteiger partial charge in [-0.3, -0.25) is 9.59 Å². The first kappa shape index (κ1) is 16.3. The van der Waals surface area contributed by atoms with Crippen LogP contribution in [-0.2, 0) is 9.59 Å². The maximum Gasteiger partial charge on any atom is 0.321 e. The maximum absolute atomic E-state index is 12.2. The molecule has 1 unspecified atom stereocenters. The molecule has 110 valence electrons. The molecule has 1 saturated heterocycles. The van der Waals surface area contributed by atoms with Gasteiger partial charge in [-0.1, -0.05) is 0 Å². The molecule has 1 fully saturated rings. The predicted octanol–water partition coefficient (Wildman–Crippen LogP) is 1.31. The maximum atomic E-state index is 12.2. The van der Waals surface area contributed by atoms with Crippen LogP contribution < -0.4 is 5.73 Å². The number of hydrogen-bond acceptors (Lipinski definition) is 4. The zero-order valence-corrected chi connectivity index (χ0v) is 12.7. The van der Waals surface area contributed by atoms with Gasteiger partial charge in [0.25, 0.3) is 0 Å². The summed E-state index contributed by atoms with van der Waals surface area (Å²) in [5.74, 6) is -0.655. The van der Waals surface area contributed by atoms with Crippen LogP contribution in [0.2, 0.25) is 0 Å². The molecule has 19 heavy (non-hydrogen) atoms. The van der Waals surface area contributed by atoms with Crippen molar-refractivity contribution in [1.29, 1.82) is 0 Å². The molecule has 1 aliphatic heterocycles. The molecule has 1 amide bonds. The quantitative estimate of drug-likeness (QED) is 0.797. The number of piperidine rings is 1. The Balaban J connectivity index is 2.51. The van der Waals surface area contributed by atoms with Crippen molar-refractivity contribution in [2.75, 3.05) is 12.3 Å². The molecule has 0 bridgehead atoms. The third-order valence-electron chi connectivity index (χ3n) is 3.71. The lowest BCUT2D eigenvalue weighted by Gasteiger charge is -2.35. The zero-order valence-electron chi connectivity index (χ0n) is 11.9. The minimum atomic E-state index is -1.03. The number of thioether (sulfide) groups is 1. The topological polar surface area (TPSA) is 83.6 Å². The highest BCUT2D eigenvalue weighted by Gasteiger charge is 2.34. The van der Waals surface area contributed by atoms with Gasteiger partial charge in [-0.15, -0.1) is 11.8 Å². The third-order valence-corrected chi connectivity index (χ3v) is 5.10. The molecule has 2 atom stereocenters. The summed E-state index contributed by atoms with van der Waals surface area (Å²) in [5, 5.41) is 8.94. The fourth-order valence-electron chi connectivity index (χ4n) is 2.19. The van der Waals surface area contributed by atoms with Crippen molar-refractivity contribution in [3.05, 3.63) is 0 Å². The van der Waals surface area contributed by atoms with Crippen LogP contribution in [0.4, 0.5) is 0 Å². The van der Waals surface area contributed by atoms with Gasteiger partial charge in [0.05, 0.1) is 5.75 Å². The highest BCUT2D eigenvalue weighted by atomic mass is 32.2. The molecule has 1 aliphatic rings. The Morgan fingerprint density at radius 2 is 2.11 bits per heavy atom. The zero-order chi connectivity index (χ0) is 14.6. The number of rotatable bonds is 5. The molecule has 1 heterocycles. The van der Waals surface area contributed by atoms with Gasteiger partial charge >= 0.3 is 5.97 Å². The van der Waals surface area contributed by atoms with Crippen LogP contribution in [-0.4, -0.2) is 51.0 Å². The van der Waals surface area contributed by atoms with Gasteiger partial charge in [-0.2, -0.15) is 0 Å². The van der Waals surface area contributed by atoms with Gasteiger partial charge in [0, 0.05) is 17.3 Å². The van der Waals surface area contributed by atoms with Crippen LogP contribution >= 0.6 is 11.8 Å². The fourth-order valence-corrected chi connectivity index (χ4v) is 3.13. The summed E-state index contributed by atoms with van der Waals surface area (Å²) in [6, 6.07) is -0.679. The number of aliphatic carboxylic acids is 1. The van der Waals surface area contributed by atoms with Crippen LogP contribution in [0.1, 0.15) is 40.0 Å². The van der Waals surface area contributed by atoms with Crippen molar-refractivity contribution >= 4 is 23.6 Å². The van der Waals surface area contributed by atoms with Crippen molar-refractivity contribution in [2.45, 2.75) is 56.9 Å². The Labute approximate surface area is 118 Å². The Kier molecular flexibility index (Phi) is 5.67. The molecular formula is C13H24N2O3S. The van der Waals surface area contributed by atoms with Crippen LogP contribution in [0, 0.1) is 0 Å². The lowest BCUT2D eigenvalue weighted by atomic mass is 10.0. The van der Waals surface area contributed by atoms with Crippen LogP contribution in [0.3, 0.4) is 0 Å². The summed E-state index contributed by atoms with van der Waals surface area (Å²) in [4.78, 5) is 25.0. The van der Waals surface area contributed by atoms with Crippen molar-refractivity contribution < 1.29 is 14.7 Å². The van der Waals surface area contributed by atoms with E-state index in [9.17, 15) is 9.59 Å². The molecular weight excluding hydrogens is 264 g/mol. The Hall–Kier alpha value is -0.750. The average Bonchev–Trinajstić information content (AvgIpc) is 2.35. The SMILES string of the molecule is CC1CCCCN1C(=O)CSC(C)(C)[C@H](N)C(=O)O. The van der Waals surface area contributed by atoms with Gasteiger partial charge < -0.3 is 15.7 Å². The van der Waals surface area contributed by atoms with E-state index >= 15 is 0 Å². The van der Waals surface area contributed by atoms with E-state index in [0.29, 0.717) is 5.75 Å². The monoisotopic (exact) mass is 288 g/mol. The van der Waals surface area contributed by atoms with Gasteiger partial charge in [-0.05, 0) is 40.0 Å². The molecule has 6 heteroatoms. The van der Waals surface area contributed by atoms with Gasteiger partial charge in [0.15, 0.2) is 0 Å². The second-order valence-corrected chi connectivity index (χ2v) is 7.27. The smallest absolute Gasteiger partial charge is 0.321 e. The van der Waals surface area contributed by atoms with E-state index in [0.717, 1.165) is 19.4 Å². The number of likely N-dealkylation sites (tertiary alicyclic amines) is 1. The minimum Gasteiger partial charge on any atom is -0.480 e. The number of carboxylic acid groups (broad SMARTS) is 1. The van der Waals surface area contributed by atoms with E-state index in [-0.39, 0.29) is 11.9 Å². The number of carbonyl (C=O) groups excluding carboxylic acids is 1. The fraction of sp³-hybridized carbons (Fsp3) is 0.846. The first-order chi connectivity index (χ1) is 8.75. The largest absolute Gasteiger partial charge is 0.480 e.